The first kappa shape index (κ1) is 6.34. The summed E-state index contributed by atoms with van der Waals surface area (Å²) < 4.78 is 5.03. The summed E-state index contributed by atoms with van der Waals surface area (Å²) in [6, 6.07) is 1.81. The highest BCUT2D eigenvalue weighted by Gasteiger charge is 2.23. The summed E-state index contributed by atoms with van der Waals surface area (Å²) >= 11 is 0. The lowest BCUT2D eigenvalue weighted by atomic mass is 10.1. The summed E-state index contributed by atoms with van der Waals surface area (Å²) in [5, 5.41) is 0. The Morgan fingerprint density at radius 3 is 3.18 bits per heavy atom. The number of carbonyl (C=O) groups excluding carboxylic acids is 1. The summed E-state index contributed by atoms with van der Waals surface area (Å²) in [5.74, 6) is 0.514. The van der Waals surface area contributed by atoms with Crippen LogP contribution in [0, 0.1) is 6.92 Å². The lowest BCUT2D eigenvalue weighted by Gasteiger charge is -1.96. The summed E-state index contributed by atoms with van der Waals surface area (Å²) in [6.45, 7) is 2.03. The normalized spacial score (nSPS) is 14.5. The van der Waals surface area contributed by atoms with Crippen molar-refractivity contribution in [3.05, 3.63) is 23.4 Å². The number of ketones is 1. The maximum Gasteiger partial charge on any atom is 0.225 e. The van der Waals surface area contributed by atoms with E-state index in [2.05, 4.69) is 4.98 Å². The van der Waals surface area contributed by atoms with Gasteiger partial charge in [0.15, 0.2) is 6.61 Å². The number of aryl methyl sites for hydroxylation is 1. The molecule has 0 saturated heterocycles. The van der Waals surface area contributed by atoms with E-state index in [-0.39, 0.29) is 12.4 Å². The van der Waals surface area contributed by atoms with E-state index in [1.807, 2.05) is 13.0 Å². The molecule has 0 atom stereocenters. The maximum atomic E-state index is 11.1. The zero-order chi connectivity index (χ0) is 7.84. The van der Waals surface area contributed by atoms with Crippen molar-refractivity contribution in [2.24, 2.45) is 0 Å². The Morgan fingerprint density at radius 2 is 2.45 bits per heavy atom. The quantitative estimate of drug-likeness (QED) is 0.551. The van der Waals surface area contributed by atoms with Crippen LogP contribution in [-0.2, 0) is 0 Å². The lowest BCUT2D eigenvalue weighted by molar-refractivity contribution is 0.0960. The van der Waals surface area contributed by atoms with Crippen molar-refractivity contribution in [3.63, 3.8) is 0 Å². The average Bonchev–Trinajstić information content (AvgIpc) is 2.34. The first-order valence-electron chi connectivity index (χ1n) is 3.40. The van der Waals surface area contributed by atoms with Crippen LogP contribution < -0.4 is 4.74 Å². The van der Waals surface area contributed by atoms with Gasteiger partial charge in [-0.15, -0.1) is 0 Å². The fourth-order valence-corrected chi connectivity index (χ4v) is 1.19. The van der Waals surface area contributed by atoms with Crippen molar-refractivity contribution in [1.82, 2.24) is 4.98 Å². The number of Topliss-reactive ketones (excluding diaryl/α,β-unsaturated/α-hetero) is 1. The molecule has 1 aliphatic heterocycles. The van der Waals surface area contributed by atoms with E-state index in [1.165, 1.54) is 0 Å². The molecule has 0 fully saturated rings. The Labute approximate surface area is 64.0 Å². The predicted octanol–water partition coefficient (Wildman–Crippen LogP) is 0.965. The topological polar surface area (TPSA) is 39.2 Å². The smallest absolute Gasteiger partial charge is 0.225 e. The molecule has 0 bridgehead atoms. The number of rotatable bonds is 0. The predicted molar refractivity (Wildman–Crippen MR) is 38.8 cm³/mol. The second kappa shape index (κ2) is 2.05. The van der Waals surface area contributed by atoms with Crippen molar-refractivity contribution in [3.8, 4) is 5.88 Å². The number of aromatic nitrogens is 1. The Balaban J connectivity index is 2.68. The van der Waals surface area contributed by atoms with Crippen LogP contribution in [-0.4, -0.2) is 17.4 Å². The van der Waals surface area contributed by atoms with Gasteiger partial charge in [-0.05, 0) is 18.6 Å². The number of hydrogen-bond donors (Lipinski definition) is 0. The van der Waals surface area contributed by atoms with Crippen LogP contribution in [0.2, 0.25) is 0 Å². The highest BCUT2D eigenvalue weighted by molar-refractivity contribution is 6.02. The molecule has 0 aromatic carbocycles. The van der Waals surface area contributed by atoms with Gasteiger partial charge in [-0.1, -0.05) is 0 Å². The SMILES string of the molecule is Cc1ccnc2c1C(=O)CO2. The number of pyridine rings is 1. The van der Waals surface area contributed by atoms with Gasteiger partial charge >= 0.3 is 0 Å². The molecule has 1 aliphatic rings. The molecule has 3 nitrogen and oxygen atoms in total. The van der Waals surface area contributed by atoms with Crippen LogP contribution in [0.1, 0.15) is 15.9 Å². The molecule has 3 heteroatoms. The number of ether oxygens (including phenoxy) is 1. The van der Waals surface area contributed by atoms with Gasteiger partial charge in [-0.25, -0.2) is 4.98 Å². The van der Waals surface area contributed by atoms with Crippen LogP contribution in [0.5, 0.6) is 5.88 Å². The van der Waals surface area contributed by atoms with Crippen LogP contribution in [0.3, 0.4) is 0 Å². The maximum absolute atomic E-state index is 11.1. The molecule has 0 radical (unpaired) electrons. The minimum Gasteiger partial charge on any atom is -0.469 e. The van der Waals surface area contributed by atoms with Crippen molar-refractivity contribution in [1.29, 1.82) is 0 Å². The van der Waals surface area contributed by atoms with E-state index in [9.17, 15) is 4.79 Å². The molecule has 2 heterocycles. The highest BCUT2D eigenvalue weighted by atomic mass is 16.5. The van der Waals surface area contributed by atoms with Crippen LogP contribution in [0.15, 0.2) is 12.3 Å². The Bertz CT molecular complexity index is 320. The van der Waals surface area contributed by atoms with Crippen molar-refractivity contribution < 1.29 is 9.53 Å². The van der Waals surface area contributed by atoms with Gasteiger partial charge in [0.05, 0.1) is 5.56 Å². The minimum atomic E-state index is 0.0330. The third-order valence-corrected chi connectivity index (χ3v) is 1.74. The molecule has 0 amide bonds. The number of nitrogens with zero attached hydrogens (tertiary/aromatic N) is 1. The van der Waals surface area contributed by atoms with Gasteiger partial charge in [0.1, 0.15) is 0 Å². The summed E-state index contributed by atoms with van der Waals surface area (Å²) in [4.78, 5) is 15.0. The van der Waals surface area contributed by atoms with Crippen molar-refractivity contribution >= 4 is 5.78 Å². The van der Waals surface area contributed by atoms with Crippen LogP contribution in [0.4, 0.5) is 0 Å². The van der Waals surface area contributed by atoms with Gasteiger partial charge in [0.25, 0.3) is 0 Å². The lowest BCUT2D eigenvalue weighted by Crippen LogP contribution is -2.00. The van der Waals surface area contributed by atoms with Crippen molar-refractivity contribution in [2.75, 3.05) is 6.61 Å². The summed E-state index contributed by atoms with van der Waals surface area (Å²) in [6.07, 6.45) is 1.65. The molecule has 0 saturated carbocycles. The van der Waals surface area contributed by atoms with E-state index in [4.69, 9.17) is 4.74 Å². The molecule has 56 valence electrons. The molecule has 11 heavy (non-hydrogen) atoms. The number of fused-ring (bicyclic) bond motifs is 1. The van der Waals surface area contributed by atoms with E-state index in [0.717, 1.165) is 5.56 Å². The number of hydrogen-bond acceptors (Lipinski definition) is 3. The van der Waals surface area contributed by atoms with Crippen molar-refractivity contribution in [2.45, 2.75) is 6.92 Å². The minimum absolute atomic E-state index is 0.0330. The molecule has 0 N–H and O–H groups in total. The fraction of sp³-hybridized carbons (Fsp3) is 0.250. The standard InChI is InChI=1S/C8H7NO2/c1-5-2-3-9-8-7(5)6(10)4-11-8/h2-3H,4H2,1H3. The average molecular weight is 149 g/mol. The van der Waals surface area contributed by atoms with Crippen LogP contribution >= 0.6 is 0 Å². The van der Waals surface area contributed by atoms with E-state index < -0.39 is 0 Å². The van der Waals surface area contributed by atoms with Gasteiger partial charge in [-0.2, -0.15) is 0 Å². The van der Waals surface area contributed by atoms with Gasteiger partial charge in [0, 0.05) is 6.20 Å². The summed E-state index contributed by atoms with van der Waals surface area (Å²) in [7, 11) is 0. The molecule has 0 aliphatic carbocycles. The Kier molecular flexibility index (Phi) is 1.18. The third-order valence-electron chi connectivity index (χ3n) is 1.74. The fourth-order valence-electron chi connectivity index (χ4n) is 1.19. The van der Waals surface area contributed by atoms with E-state index in [0.29, 0.717) is 11.4 Å². The molecule has 1 aromatic heterocycles. The molecule has 2 rings (SSSR count). The Hall–Kier alpha value is -1.38. The van der Waals surface area contributed by atoms with E-state index in [1.54, 1.807) is 6.20 Å². The second-order valence-electron chi connectivity index (χ2n) is 2.52. The van der Waals surface area contributed by atoms with Gasteiger partial charge in [0.2, 0.25) is 11.7 Å². The van der Waals surface area contributed by atoms with Gasteiger partial charge in [-0.3, -0.25) is 4.79 Å². The summed E-state index contributed by atoms with van der Waals surface area (Å²) in [5.41, 5.74) is 1.59. The molecule has 0 spiro atoms. The molecule has 0 unspecified atom stereocenters. The first-order valence-corrected chi connectivity index (χ1v) is 3.40. The third kappa shape index (κ3) is 0.808. The monoisotopic (exact) mass is 149 g/mol. The zero-order valence-electron chi connectivity index (χ0n) is 6.13. The highest BCUT2D eigenvalue weighted by Crippen LogP contribution is 2.24. The van der Waals surface area contributed by atoms with Crippen LogP contribution in [0.25, 0.3) is 0 Å². The second-order valence-corrected chi connectivity index (χ2v) is 2.52. The number of carbonyl (C=O) groups is 1. The molecular weight excluding hydrogens is 142 g/mol. The van der Waals surface area contributed by atoms with Gasteiger partial charge < -0.3 is 4.74 Å². The zero-order valence-corrected chi connectivity index (χ0v) is 6.13. The molecule has 1 aromatic rings. The Morgan fingerprint density at radius 1 is 1.64 bits per heavy atom. The first-order chi connectivity index (χ1) is 5.29. The van der Waals surface area contributed by atoms with E-state index >= 15 is 0 Å². The molecular formula is C8H7NO2. The largest absolute Gasteiger partial charge is 0.469 e.